The summed E-state index contributed by atoms with van der Waals surface area (Å²) in [6, 6.07) is 0. The standard InChI is InChI=1S/C28H52O2/c1-3-5-6-7-8-9-10-11-12-13-14-15-16-17-18-22-25-28(30)26-23-20-19-21-24-27(29)4-2/h12-13H,3-11,14-26H2,1-2H3. The van der Waals surface area contributed by atoms with Gasteiger partial charge >= 0.3 is 0 Å². The minimum Gasteiger partial charge on any atom is -0.300 e. The number of carbonyl (C=O) groups is 2. The molecule has 2 nitrogen and oxygen atoms in total. The molecule has 0 saturated carbocycles. The van der Waals surface area contributed by atoms with Crippen molar-refractivity contribution in [2.45, 2.75) is 155 Å². The second-order valence-corrected chi connectivity index (χ2v) is 9.03. The normalized spacial score (nSPS) is 11.4. The molecule has 0 spiro atoms. The van der Waals surface area contributed by atoms with E-state index >= 15 is 0 Å². The third kappa shape index (κ3) is 23.4. The number of rotatable bonds is 24. The summed E-state index contributed by atoms with van der Waals surface area (Å²) < 4.78 is 0. The average molecular weight is 421 g/mol. The van der Waals surface area contributed by atoms with Crippen molar-refractivity contribution in [2.24, 2.45) is 0 Å². The van der Waals surface area contributed by atoms with Crippen LogP contribution in [-0.4, -0.2) is 11.6 Å². The van der Waals surface area contributed by atoms with Gasteiger partial charge in [-0.2, -0.15) is 0 Å². The molecular weight excluding hydrogens is 368 g/mol. The molecule has 0 radical (unpaired) electrons. The Balaban J connectivity index is 3.24. The van der Waals surface area contributed by atoms with E-state index in [1.807, 2.05) is 6.92 Å². The fourth-order valence-corrected chi connectivity index (χ4v) is 3.87. The summed E-state index contributed by atoms with van der Waals surface area (Å²) in [6.45, 7) is 4.20. The van der Waals surface area contributed by atoms with Crippen molar-refractivity contribution >= 4 is 11.6 Å². The number of hydrogen-bond acceptors (Lipinski definition) is 2. The van der Waals surface area contributed by atoms with E-state index in [1.54, 1.807) is 0 Å². The molecule has 0 rings (SSSR count). The summed E-state index contributed by atoms with van der Waals surface area (Å²) in [7, 11) is 0. The molecule has 176 valence electrons. The largest absolute Gasteiger partial charge is 0.300 e. The van der Waals surface area contributed by atoms with E-state index in [9.17, 15) is 9.59 Å². The van der Waals surface area contributed by atoms with Crippen LogP contribution < -0.4 is 0 Å². The van der Waals surface area contributed by atoms with Crippen molar-refractivity contribution in [2.75, 3.05) is 0 Å². The van der Waals surface area contributed by atoms with Crippen molar-refractivity contribution in [1.29, 1.82) is 0 Å². The Morgan fingerprint density at radius 3 is 1.27 bits per heavy atom. The predicted octanol–water partition coefficient (Wildman–Crippen LogP) is 9.30. The summed E-state index contributed by atoms with van der Waals surface area (Å²) in [5.41, 5.74) is 0. The highest BCUT2D eigenvalue weighted by Crippen LogP contribution is 2.12. The van der Waals surface area contributed by atoms with Gasteiger partial charge in [0.25, 0.3) is 0 Å². The minimum atomic E-state index is 0.366. The lowest BCUT2D eigenvalue weighted by atomic mass is 10.0. The Morgan fingerprint density at radius 2 is 0.833 bits per heavy atom. The van der Waals surface area contributed by atoms with Crippen LogP contribution in [0, 0.1) is 0 Å². The number of unbranched alkanes of at least 4 members (excludes halogenated alkanes) is 15. The molecule has 0 bridgehead atoms. The number of allylic oxidation sites excluding steroid dienone is 2. The zero-order valence-electron chi connectivity index (χ0n) is 20.5. The highest BCUT2D eigenvalue weighted by Gasteiger charge is 2.03. The second kappa shape index (κ2) is 24.4. The van der Waals surface area contributed by atoms with Crippen molar-refractivity contribution in [3.63, 3.8) is 0 Å². The third-order valence-corrected chi connectivity index (χ3v) is 6.02. The quantitative estimate of drug-likeness (QED) is 0.115. The number of hydrogen-bond donors (Lipinski definition) is 0. The van der Waals surface area contributed by atoms with Crippen molar-refractivity contribution in [1.82, 2.24) is 0 Å². The summed E-state index contributed by atoms with van der Waals surface area (Å²) in [6.07, 6.45) is 30.2. The molecular formula is C28H52O2. The zero-order valence-corrected chi connectivity index (χ0v) is 20.5. The molecule has 0 aliphatic rings. The minimum absolute atomic E-state index is 0.366. The molecule has 0 N–H and O–H groups in total. The molecule has 30 heavy (non-hydrogen) atoms. The Bertz CT molecular complexity index is 411. The molecule has 0 unspecified atom stereocenters. The lowest BCUT2D eigenvalue weighted by Crippen LogP contribution is -1.98. The maximum Gasteiger partial charge on any atom is 0.132 e. The van der Waals surface area contributed by atoms with Crippen LogP contribution in [0.15, 0.2) is 12.2 Å². The predicted molar refractivity (Wildman–Crippen MR) is 132 cm³/mol. The van der Waals surface area contributed by atoms with Gasteiger partial charge in [-0.15, -0.1) is 0 Å². The maximum absolute atomic E-state index is 11.9. The van der Waals surface area contributed by atoms with Crippen LogP contribution in [0.4, 0.5) is 0 Å². The van der Waals surface area contributed by atoms with Gasteiger partial charge in [0.1, 0.15) is 11.6 Å². The van der Waals surface area contributed by atoms with Gasteiger partial charge in [-0.3, -0.25) is 9.59 Å². The van der Waals surface area contributed by atoms with E-state index in [0.717, 1.165) is 51.4 Å². The van der Waals surface area contributed by atoms with Gasteiger partial charge in [-0.25, -0.2) is 0 Å². The smallest absolute Gasteiger partial charge is 0.132 e. The summed E-state index contributed by atoms with van der Waals surface area (Å²) in [5.74, 6) is 0.804. The molecule has 0 fully saturated rings. The average Bonchev–Trinajstić information content (AvgIpc) is 2.75. The van der Waals surface area contributed by atoms with Gasteiger partial charge in [-0.1, -0.05) is 96.6 Å². The molecule has 0 saturated heterocycles. The van der Waals surface area contributed by atoms with Crippen LogP contribution in [-0.2, 0) is 9.59 Å². The van der Waals surface area contributed by atoms with Crippen LogP contribution in [0.2, 0.25) is 0 Å². The van der Waals surface area contributed by atoms with E-state index < -0.39 is 0 Å². The van der Waals surface area contributed by atoms with Crippen LogP contribution in [0.3, 0.4) is 0 Å². The zero-order chi connectivity index (χ0) is 22.1. The van der Waals surface area contributed by atoms with Gasteiger partial charge in [-0.05, 0) is 44.9 Å². The lowest BCUT2D eigenvalue weighted by Gasteiger charge is -2.03. The fraction of sp³-hybridized carbons (Fsp3) is 0.857. The summed E-state index contributed by atoms with van der Waals surface area (Å²) in [5, 5.41) is 0. The molecule has 0 aromatic rings. The Morgan fingerprint density at radius 1 is 0.467 bits per heavy atom. The molecule has 2 heteroatoms. The van der Waals surface area contributed by atoms with Crippen LogP contribution in [0.1, 0.15) is 155 Å². The van der Waals surface area contributed by atoms with E-state index in [-0.39, 0.29) is 0 Å². The van der Waals surface area contributed by atoms with E-state index in [0.29, 0.717) is 18.0 Å². The topological polar surface area (TPSA) is 34.1 Å². The SMILES string of the molecule is CCCCCCCCCC=CCCCCCCCC(=O)CCCCCCC(=O)CC. The summed E-state index contributed by atoms with van der Waals surface area (Å²) in [4.78, 5) is 23.1. The van der Waals surface area contributed by atoms with Gasteiger partial charge in [0.05, 0.1) is 0 Å². The first-order valence-corrected chi connectivity index (χ1v) is 13.4. The molecule has 0 heterocycles. The molecule has 0 aliphatic carbocycles. The van der Waals surface area contributed by atoms with E-state index in [2.05, 4.69) is 19.1 Å². The first-order chi connectivity index (χ1) is 14.7. The van der Waals surface area contributed by atoms with Gasteiger partial charge in [0.2, 0.25) is 0 Å². The number of Topliss-reactive ketones (excluding diaryl/α,β-unsaturated/α-hetero) is 2. The number of ketones is 2. The van der Waals surface area contributed by atoms with Crippen LogP contribution in [0.5, 0.6) is 0 Å². The van der Waals surface area contributed by atoms with Crippen LogP contribution in [0.25, 0.3) is 0 Å². The Labute approximate surface area is 188 Å². The highest BCUT2D eigenvalue weighted by molar-refractivity contribution is 5.78. The second-order valence-electron chi connectivity index (χ2n) is 9.03. The van der Waals surface area contributed by atoms with E-state index in [4.69, 9.17) is 0 Å². The highest BCUT2D eigenvalue weighted by atomic mass is 16.1. The summed E-state index contributed by atoms with van der Waals surface area (Å²) >= 11 is 0. The van der Waals surface area contributed by atoms with Crippen molar-refractivity contribution in [3.8, 4) is 0 Å². The molecule has 0 amide bonds. The lowest BCUT2D eigenvalue weighted by molar-refractivity contribution is -0.120. The van der Waals surface area contributed by atoms with Gasteiger partial charge < -0.3 is 0 Å². The molecule has 0 aromatic heterocycles. The van der Waals surface area contributed by atoms with E-state index in [1.165, 1.54) is 83.5 Å². The monoisotopic (exact) mass is 420 g/mol. The van der Waals surface area contributed by atoms with Crippen molar-refractivity contribution < 1.29 is 9.59 Å². The molecule has 0 atom stereocenters. The first-order valence-electron chi connectivity index (χ1n) is 13.4. The van der Waals surface area contributed by atoms with Crippen LogP contribution >= 0.6 is 0 Å². The molecule has 0 aliphatic heterocycles. The Hall–Kier alpha value is -0.920. The third-order valence-electron chi connectivity index (χ3n) is 6.02. The van der Waals surface area contributed by atoms with Gasteiger partial charge in [0.15, 0.2) is 0 Å². The van der Waals surface area contributed by atoms with Gasteiger partial charge in [0, 0.05) is 25.7 Å². The first kappa shape index (κ1) is 29.1. The fourth-order valence-electron chi connectivity index (χ4n) is 3.87. The molecule has 0 aromatic carbocycles. The van der Waals surface area contributed by atoms with Crippen molar-refractivity contribution in [3.05, 3.63) is 12.2 Å². The Kier molecular flexibility index (Phi) is 23.6. The number of carbonyl (C=O) groups excluding carboxylic acids is 2. The maximum atomic E-state index is 11.9.